The highest BCUT2D eigenvalue weighted by Crippen LogP contribution is 2.31. The Morgan fingerprint density at radius 1 is 1.03 bits per heavy atom. The van der Waals surface area contributed by atoms with Crippen LogP contribution in [0.2, 0.25) is 0 Å². The number of nitrogens with zero attached hydrogens (tertiary/aromatic N) is 4. The van der Waals surface area contributed by atoms with E-state index in [9.17, 15) is 13.2 Å². The molecule has 4 rings (SSSR count). The number of benzene rings is 1. The Bertz CT molecular complexity index is 1080. The summed E-state index contributed by atoms with van der Waals surface area (Å²) < 4.78 is 46.1. The molecule has 3 aromatic rings. The van der Waals surface area contributed by atoms with E-state index < -0.39 is 6.36 Å². The Morgan fingerprint density at radius 2 is 1.83 bits per heavy atom. The van der Waals surface area contributed by atoms with Gasteiger partial charge in [-0.15, -0.1) is 13.2 Å². The van der Waals surface area contributed by atoms with E-state index in [0.29, 0.717) is 41.7 Å². The Hall–Kier alpha value is -3.69. The van der Waals surface area contributed by atoms with E-state index in [0.717, 1.165) is 11.1 Å². The van der Waals surface area contributed by atoms with E-state index >= 15 is 0 Å². The summed E-state index contributed by atoms with van der Waals surface area (Å²) in [4.78, 5) is 17.5. The van der Waals surface area contributed by atoms with Crippen molar-refractivity contribution < 1.29 is 22.6 Å². The van der Waals surface area contributed by atoms with Crippen LogP contribution in [0.15, 0.2) is 47.7 Å². The van der Waals surface area contributed by atoms with Crippen molar-refractivity contribution in [3.05, 3.63) is 53.9 Å². The highest BCUT2D eigenvalue weighted by atomic mass is 19.4. The van der Waals surface area contributed by atoms with Crippen molar-refractivity contribution in [3.63, 3.8) is 0 Å². The summed E-state index contributed by atoms with van der Waals surface area (Å²) in [5.74, 6) is 0.616. The fourth-order valence-corrected chi connectivity index (χ4v) is 2.98. The molecule has 1 aliphatic heterocycles. The lowest BCUT2D eigenvalue weighted by molar-refractivity contribution is -0.274. The van der Waals surface area contributed by atoms with Gasteiger partial charge in [0.1, 0.15) is 17.3 Å². The highest BCUT2D eigenvalue weighted by molar-refractivity contribution is 5.73. The van der Waals surface area contributed by atoms with Crippen molar-refractivity contribution in [2.75, 3.05) is 12.4 Å². The van der Waals surface area contributed by atoms with Crippen LogP contribution < -0.4 is 14.8 Å². The number of halogens is 3. The summed E-state index contributed by atoms with van der Waals surface area (Å²) in [7, 11) is 1.50. The number of aromatic nitrogens is 3. The van der Waals surface area contributed by atoms with Crippen molar-refractivity contribution in [2.45, 2.75) is 19.3 Å². The number of hydrogen-bond donors (Lipinski definition) is 1. The van der Waals surface area contributed by atoms with E-state index in [1.54, 1.807) is 6.20 Å². The number of aliphatic imine (C=N–C) groups is 1. The Kier molecular flexibility index (Phi) is 5.21. The van der Waals surface area contributed by atoms with Crippen molar-refractivity contribution in [3.8, 4) is 23.0 Å². The minimum Gasteiger partial charge on any atom is -0.480 e. The molecule has 0 bridgehead atoms. The van der Waals surface area contributed by atoms with E-state index in [-0.39, 0.29) is 5.75 Å². The maximum absolute atomic E-state index is 12.4. The van der Waals surface area contributed by atoms with Gasteiger partial charge in [0.05, 0.1) is 31.7 Å². The normalized spacial score (nSPS) is 12.9. The minimum absolute atomic E-state index is 0.298. The molecule has 1 aliphatic rings. The molecule has 0 atom stereocenters. The zero-order valence-electron chi connectivity index (χ0n) is 15.8. The predicted molar refractivity (Wildman–Crippen MR) is 104 cm³/mol. The van der Waals surface area contributed by atoms with Gasteiger partial charge in [0.2, 0.25) is 5.88 Å². The van der Waals surface area contributed by atoms with Crippen LogP contribution in [-0.2, 0) is 13.0 Å². The molecule has 1 N–H and O–H groups in total. The van der Waals surface area contributed by atoms with Crippen molar-refractivity contribution >= 4 is 17.7 Å². The molecule has 0 saturated heterocycles. The van der Waals surface area contributed by atoms with Crippen molar-refractivity contribution in [1.29, 1.82) is 0 Å². The maximum Gasteiger partial charge on any atom is 0.573 e. The summed E-state index contributed by atoms with van der Waals surface area (Å²) in [6.07, 6.45) is 0.810. The Morgan fingerprint density at radius 3 is 2.57 bits per heavy atom. The smallest absolute Gasteiger partial charge is 0.480 e. The quantitative estimate of drug-likeness (QED) is 0.669. The number of alkyl halides is 3. The first-order chi connectivity index (χ1) is 14.4. The fraction of sp³-hybridized carbons (Fsp3) is 0.200. The van der Waals surface area contributed by atoms with Gasteiger partial charge < -0.3 is 14.8 Å². The Balaban J connectivity index is 1.67. The zero-order valence-corrected chi connectivity index (χ0v) is 15.8. The molecule has 0 fully saturated rings. The molecule has 0 saturated carbocycles. The molecule has 0 aliphatic carbocycles. The molecule has 0 amide bonds. The van der Waals surface area contributed by atoms with Gasteiger partial charge in [-0.2, -0.15) is 0 Å². The first kappa shape index (κ1) is 19.6. The third-order valence-electron chi connectivity index (χ3n) is 4.34. The predicted octanol–water partition coefficient (Wildman–Crippen LogP) is 4.32. The number of hydrogen-bond acceptors (Lipinski definition) is 7. The number of rotatable bonds is 5. The second-order valence-electron chi connectivity index (χ2n) is 6.37. The molecule has 154 valence electrons. The van der Waals surface area contributed by atoms with Gasteiger partial charge in [0, 0.05) is 23.9 Å². The Labute approximate surface area is 169 Å². The lowest BCUT2D eigenvalue weighted by atomic mass is 10.0. The fourth-order valence-electron chi connectivity index (χ4n) is 2.98. The topological polar surface area (TPSA) is 81.5 Å². The van der Waals surface area contributed by atoms with Crippen LogP contribution >= 0.6 is 0 Å². The second kappa shape index (κ2) is 7.97. The lowest BCUT2D eigenvalue weighted by Crippen LogP contribution is -2.17. The average molecular weight is 415 g/mol. The highest BCUT2D eigenvalue weighted by Gasteiger charge is 2.31. The lowest BCUT2D eigenvalue weighted by Gasteiger charge is -2.18. The first-order valence-corrected chi connectivity index (χ1v) is 8.91. The van der Waals surface area contributed by atoms with Crippen molar-refractivity contribution in [2.24, 2.45) is 4.99 Å². The van der Waals surface area contributed by atoms with Crippen LogP contribution in [0, 0.1) is 0 Å². The molecule has 3 heterocycles. The van der Waals surface area contributed by atoms with Crippen molar-refractivity contribution in [1.82, 2.24) is 15.0 Å². The van der Waals surface area contributed by atoms with Gasteiger partial charge in [-0.05, 0) is 35.9 Å². The SMILES string of the molecule is COc1cncc(-c2cc3c(c(Nc4ccc(OC(F)(F)F)cc4)n2)CN=CC3)n1. The number of pyridine rings is 1. The average Bonchev–Trinajstić information content (AvgIpc) is 2.74. The minimum atomic E-state index is -4.74. The summed E-state index contributed by atoms with van der Waals surface area (Å²) in [5.41, 5.74) is 3.63. The van der Waals surface area contributed by atoms with E-state index in [4.69, 9.17) is 4.74 Å². The monoisotopic (exact) mass is 415 g/mol. The largest absolute Gasteiger partial charge is 0.573 e. The van der Waals surface area contributed by atoms with Gasteiger partial charge in [0.25, 0.3) is 0 Å². The molecule has 10 heteroatoms. The molecule has 0 unspecified atom stereocenters. The molecule has 2 aromatic heterocycles. The number of methoxy groups -OCH3 is 1. The van der Waals surface area contributed by atoms with Crippen LogP contribution in [0.25, 0.3) is 11.4 Å². The van der Waals surface area contributed by atoms with Crippen LogP contribution in [-0.4, -0.2) is 34.6 Å². The number of nitrogens with one attached hydrogen (secondary N) is 1. The molecule has 1 aromatic carbocycles. The van der Waals surface area contributed by atoms with Gasteiger partial charge in [-0.1, -0.05) is 0 Å². The number of fused-ring (bicyclic) bond motifs is 1. The molecular formula is C20H16F3N5O2. The third kappa shape index (κ3) is 4.48. The summed E-state index contributed by atoms with van der Waals surface area (Å²) in [5, 5.41) is 3.16. The first-order valence-electron chi connectivity index (χ1n) is 8.91. The van der Waals surface area contributed by atoms with E-state index in [1.807, 2.05) is 12.3 Å². The summed E-state index contributed by atoms with van der Waals surface area (Å²) in [6, 6.07) is 7.36. The van der Waals surface area contributed by atoms with Crippen LogP contribution in [0.5, 0.6) is 11.6 Å². The molecule has 0 radical (unpaired) electrons. The van der Waals surface area contributed by atoms with Crippen LogP contribution in [0.1, 0.15) is 11.1 Å². The van der Waals surface area contributed by atoms with E-state index in [1.165, 1.54) is 37.6 Å². The summed E-state index contributed by atoms with van der Waals surface area (Å²) in [6.45, 7) is 0.448. The molecular weight excluding hydrogens is 399 g/mol. The number of ether oxygens (including phenoxy) is 2. The molecule has 0 spiro atoms. The van der Waals surface area contributed by atoms with Gasteiger partial charge in [-0.3, -0.25) is 9.98 Å². The van der Waals surface area contributed by atoms with Gasteiger partial charge in [0.15, 0.2) is 0 Å². The van der Waals surface area contributed by atoms with Gasteiger partial charge in [-0.25, -0.2) is 9.97 Å². The third-order valence-corrected chi connectivity index (χ3v) is 4.34. The zero-order chi connectivity index (χ0) is 21.1. The van der Waals surface area contributed by atoms with Crippen LogP contribution in [0.4, 0.5) is 24.7 Å². The summed E-state index contributed by atoms with van der Waals surface area (Å²) >= 11 is 0. The van der Waals surface area contributed by atoms with E-state index in [2.05, 4.69) is 30.0 Å². The number of anilines is 2. The van der Waals surface area contributed by atoms with Gasteiger partial charge >= 0.3 is 6.36 Å². The van der Waals surface area contributed by atoms with Crippen LogP contribution in [0.3, 0.4) is 0 Å². The molecule has 30 heavy (non-hydrogen) atoms. The standard InChI is InChI=1S/C20H16F3N5O2/c1-29-18-11-25-10-17(27-18)16-8-12-6-7-24-9-15(12)19(28-16)26-13-2-4-14(5-3-13)30-20(21,22)23/h2-5,7-8,10-11H,6,9H2,1H3,(H,26,28). The maximum atomic E-state index is 12.4. The molecule has 7 nitrogen and oxygen atoms in total. The second-order valence-corrected chi connectivity index (χ2v) is 6.37.